The molecule has 0 aliphatic carbocycles. The maximum absolute atomic E-state index is 12.0. The van der Waals surface area contributed by atoms with Crippen LogP contribution in [0, 0.1) is 5.92 Å². The second-order valence-corrected chi connectivity index (χ2v) is 6.21. The number of hydrogen-bond acceptors (Lipinski definition) is 3. The van der Waals surface area contributed by atoms with Crippen LogP contribution in [0.4, 0.5) is 0 Å². The van der Waals surface area contributed by atoms with Gasteiger partial charge in [0.1, 0.15) is 5.75 Å². The summed E-state index contributed by atoms with van der Waals surface area (Å²) < 4.78 is 0. The van der Waals surface area contributed by atoms with E-state index in [4.69, 9.17) is 5.73 Å². The third-order valence-electron chi connectivity index (χ3n) is 3.54. The van der Waals surface area contributed by atoms with E-state index < -0.39 is 6.04 Å². The highest BCUT2D eigenvalue weighted by Crippen LogP contribution is 2.11. The first kappa shape index (κ1) is 17.5. The minimum Gasteiger partial charge on any atom is -0.508 e. The van der Waals surface area contributed by atoms with Crippen molar-refractivity contribution in [2.75, 3.05) is 0 Å². The number of phenolic OH excluding ortho intramolecular Hbond substituents is 1. The van der Waals surface area contributed by atoms with Crippen molar-refractivity contribution in [3.63, 3.8) is 0 Å². The summed E-state index contributed by atoms with van der Waals surface area (Å²) in [5.74, 6) is 0.806. The van der Waals surface area contributed by atoms with Crippen LogP contribution in [-0.2, 0) is 11.2 Å². The van der Waals surface area contributed by atoms with Gasteiger partial charge < -0.3 is 16.2 Å². The zero-order valence-electron chi connectivity index (χ0n) is 13.3. The highest BCUT2D eigenvalue weighted by atomic mass is 16.3. The third kappa shape index (κ3) is 7.14. The predicted octanol–water partition coefficient (Wildman–Crippen LogP) is 2.59. The molecule has 0 radical (unpaired) electrons. The standard InChI is InChI=1S/C17H28N2O2/c1-12(2)5-4-6-13(3)19-17(21)16(18)11-14-7-9-15(20)10-8-14/h7-10,12-13,16,20H,4-6,11,18H2,1-3H3,(H,19,21)/t13?,16-/m0/s1. The largest absolute Gasteiger partial charge is 0.508 e. The molecule has 4 heteroatoms. The first-order chi connectivity index (χ1) is 9.88. The molecule has 0 bridgehead atoms. The zero-order valence-corrected chi connectivity index (χ0v) is 13.3. The number of rotatable bonds is 8. The molecule has 0 fully saturated rings. The molecule has 4 nitrogen and oxygen atoms in total. The molecule has 1 unspecified atom stereocenters. The lowest BCUT2D eigenvalue weighted by molar-refractivity contribution is -0.123. The summed E-state index contributed by atoms with van der Waals surface area (Å²) in [4.78, 5) is 12.0. The molecule has 0 saturated carbocycles. The van der Waals surface area contributed by atoms with E-state index in [1.54, 1.807) is 24.3 Å². The van der Waals surface area contributed by atoms with Gasteiger partial charge in [0.15, 0.2) is 0 Å². The molecule has 0 aliphatic rings. The van der Waals surface area contributed by atoms with Gasteiger partial charge in [0.25, 0.3) is 0 Å². The van der Waals surface area contributed by atoms with E-state index >= 15 is 0 Å². The molecule has 0 spiro atoms. The normalized spacial score (nSPS) is 14.0. The van der Waals surface area contributed by atoms with Crippen LogP contribution in [0.5, 0.6) is 5.75 Å². The van der Waals surface area contributed by atoms with Crippen LogP contribution < -0.4 is 11.1 Å². The predicted molar refractivity (Wildman–Crippen MR) is 86.1 cm³/mol. The van der Waals surface area contributed by atoms with Gasteiger partial charge in [-0.2, -0.15) is 0 Å². The minimum atomic E-state index is -0.554. The van der Waals surface area contributed by atoms with Crippen molar-refractivity contribution in [3.05, 3.63) is 29.8 Å². The van der Waals surface area contributed by atoms with Crippen molar-refractivity contribution in [1.29, 1.82) is 0 Å². The molecule has 0 heterocycles. The summed E-state index contributed by atoms with van der Waals surface area (Å²) >= 11 is 0. The Hall–Kier alpha value is -1.55. The third-order valence-corrected chi connectivity index (χ3v) is 3.54. The lowest BCUT2D eigenvalue weighted by Crippen LogP contribution is -2.45. The summed E-state index contributed by atoms with van der Waals surface area (Å²) in [6.45, 7) is 6.43. The minimum absolute atomic E-state index is 0.111. The van der Waals surface area contributed by atoms with Gasteiger partial charge in [0.2, 0.25) is 5.91 Å². The molecule has 1 rings (SSSR count). The van der Waals surface area contributed by atoms with Crippen LogP contribution in [0.2, 0.25) is 0 Å². The van der Waals surface area contributed by atoms with E-state index in [2.05, 4.69) is 19.2 Å². The summed E-state index contributed by atoms with van der Waals surface area (Å²) in [5, 5.41) is 12.2. The van der Waals surface area contributed by atoms with E-state index in [0.29, 0.717) is 12.3 Å². The first-order valence-corrected chi connectivity index (χ1v) is 7.72. The number of phenols is 1. The summed E-state index contributed by atoms with van der Waals surface area (Å²) in [7, 11) is 0. The van der Waals surface area contributed by atoms with Crippen LogP contribution >= 0.6 is 0 Å². The Labute approximate surface area is 127 Å². The molecule has 2 atom stereocenters. The summed E-state index contributed by atoms with van der Waals surface area (Å²) in [5.41, 5.74) is 6.89. The molecule has 0 aliphatic heterocycles. The molecule has 1 aromatic carbocycles. The number of amides is 1. The second kappa shape index (κ2) is 8.67. The average Bonchev–Trinajstić information content (AvgIpc) is 2.40. The molecular formula is C17H28N2O2. The van der Waals surface area contributed by atoms with E-state index in [1.807, 2.05) is 6.92 Å². The number of hydrogen-bond donors (Lipinski definition) is 3. The van der Waals surface area contributed by atoms with Crippen molar-refractivity contribution in [1.82, 2.24) is 5.32 Å². The van der Waals surface area contributed by atoms with Crippen molar-refractivity contribution >= 4 is 5.91 Å². The summed E-state index contributed by atoms with van der Waals surface area (Å²) in [6.07, 6.45) is 3.76. The number of carbonyl (C=O) groups is 1. The number of aromatic hydroxyl groups is 1. The molecule has 0 aromatic heterocycles. The van der Waals surface area contributed by atoms with Crippen LogP contribution in [0.3, 0.4) is 0 Å². The SMILES string of the molecule is CC(C)CCCC(C)NC(=O)[C@@H](N)Cc1ccc(O)cc1. The molecule has 1 aromatic rings. The number of benzene rings is 1. The zero-order chi connectivity index (χ0) is 15.8. The van der Waals surface area contributed by atoms with Gasteiger partial charge in [-0.15, -0.1) is 0 Å². The Morgan fingerprint density at radius 3 is 2.38 bits per heavy atom. The fourth-order valence-electron chi connectivity index (χ4n) is 2.23. The molecule has 1 amide bonds. The van der Waals surface area contributed by atoms with E-state index in [9.17, 15) is 9.90 Å². The molecule has 4 N–H and O–H groups in total. The Morgan fingerprint density at radius 1 is 1.19 bits per heavy atom. The summed E-state index contributed by atoms with van der Waals surface area (Å²) in [6, 6.07) is 6.38. The Balaban J connectivity index is 2.34. The highest BCUT2D eigenvalue weighted by molar-refractivity contribution is 5.82. The fourth-order valence-corrected chi connectivity index (χ4v) is 2.23. The van der Waals surface area contributed by atoms with Crippen molar-refractivity contribution < 1.29 is 9.90 Å². The van der Waals surface area contributed by atoms with Crippen LogP contribution in [0.15, 0.2) is 24.3 Å². The van der Waals surface area contributed by atoms with E-state index in [1.165, 1.54) is 6.42 Å². The van der Waals surface area contributed by atoms with Gasteiger partial charge in [-0.25, -0.2) is 0 Å². The van der Waals surface area contributed by atoms with Crippen molar-refractivity contribution in [2.24, 2.45) is 11.7 Å². The van der Waals surface area contributed by atoms with Gasteiger partial charge >= 0.3 is 0 Å². The first-order valence-electron chi connectivity index (χ1n) is 7.72. The van der Waals surface area contributed by atoms with Gasteiger partial charge in [-0.3, -0.25) is 4.79 Å². The molecule has 0 saturated heterocycles. The maximum atomic E-state index is 12.0. The number of carbonyl (C=O) groups excluding carboxylic acids is 1. The Morgan fingerprint density at radius 2 is 1.81 bits per heavy atom. The highest BCUT2D eigenvalue weighted by Gasteiger charge is 2.16. The second-order valence-electron chi connectivity index (χ2n) is 6.21. The molecular weight excluding hydrogens is 264 g/mol. The lowest BCUT2D eigenvalue weighted by Gasteiger charge is -2.18. The Bertz CT molecular complexity index is 429. The van der Waals surface area contributed by atoms with Gasteiger partial charge in [-0.1, -0.05) is 38.8 Å². The van der Waals surface area contributed by atoms with Gasteiger partial charge in [0.05, 0.1) is 6.04 Å². The van der Waals surface area contributed by atoms with E-state index in [0.717, 1.165) is 18.4 Å². The Kier molecular flexibility index (Phi) is 7.23. The topological polar surface area (TPSA) is 75.4 Å². The monoisotopic (exact) mass is 292 g/mol. The number of nitrogens with one attached hydrogen (secondary N) is 1. The number of nitrogens with two attached hydrogens (primary N) is 1. The fraction of sp³-hybridized carbons (Fsp3) is 0.588. The van der Waals surface area contributed by atoms with Crippen molar-refractivity contribution in [3.8, 4) is 5.75 Å². The van der Waals surface area contributed by atoms with Crippen LogP contribution in [0.1, 0.15) is 45.6 Å². The molecule has 21 heavy (non-hydrogen) atoms. The average molecular weight is 292 g/mol. The van der Waals surface area contributed by atoms with Gasteiger partial charge in [-0.05, 0) is 43.4 Å². The van der Waals surface area contributed by atoms with Crippen molar-refractivity contribution in [2.45, 2.75) is 58.5 Å². The maximum Gasteiger partial charge on any atom is 0.237 e. The lowest BCUT2D eigenvalue weighted by atomic mass is 10.0. The van der Waals surface area contributed by atoms with Crippen LogP contribution in [-0.4, -0.2) is 23.1 Å². The smallest absolute Gasteiger partial charge is 0.237 e. The van der Waals surface area contributed by atoms with Gasteiger partial charge in [0, 0.05) is 6.04 Å². The van der Waals surface area contributed by atoms with E-state index in [-0.39, 0.29) is 17.7 Å². The van der Waals surface area contributed by atoms with Crippen LogP contribution in [0.25, 0.3) is 0 Å². The quantitative estimate of drug-likeness (QED) is 0.689. The molecule has 118 valence electrons.